The molecule has 1 aromatic carbocycles. The first-order valence-electron chi connectivity index (χ1n) is 7.69. The number of carboxylic acids is 1. The maximum atomic E-state index is 11.2. The summed E-state index contributed by atoms with van der Waals surface area (Å²) in [6.45, 7) is 0. The fourth-order valence-electron chi connectivity index (χ4n) is 2.24. The van der Waals surface area contributed by atoms with E-state index in [1.165, 1.54) is 18.3 Å². The Bertz CT molecular complexity index is 1130. The van der Waals surface area contributed by atoms with Gasteiger partial charge in [-0.2, -0.15) is 5.10 Å². The smallest absolute Gasteiger partial charge is 0.356 e. The van der Waals surface area contributed by atoms with Crippen LogP contribution in [0.5, 0.6) is 0 Å². The van der Waals surface area contributed by atoms with Crippen molar-refractivity contribution in [2.45, 2.75) is 0 Å². The maximum Gasteiger partial charge on any atom is 0.356 e. The summed E-state index contributed by atoms with van der Waals surface area (Å²) in [5.41, 5.74) is 2.63. The van der Waals surface area contributed by atoms with E-state index < -0.39 is 16.6 Å². The van der Waals surface area contributed by atoms with Gasteiger partial charge < -0.3 is 9.52 Å². The van der Waals surface area contributed by atoms with E-state index >= 15 is 0 Å². The minimum absolute atomic E-state index is 0.0240. The van der Waals surface area contributed by atoms with Crippen molar-refractivity contribution < 1.29 is 19.2 Å². The van der Waals surface area contributed by atoms with Crippen LogP contribution in [0.1, 0.15) is 16.2 Å². The third-order valence-electron chi connectivity index (χ3n) is 3.60. The number of nitro groups is 1. The lowest BCUT2D eigenvalue weighted by atomic mass is 10.1. The molecule has 2 N–H and O–H groups in total. The lowest BCUT2D eigenvalue weighted by molar-refractivity contribution is -0.384. The molecule has 0 spiro atoms. The zero-order valence-electron chi connectivity index (χ0n) is 14.1. The fourth-order valence-corrected chi connectivity index (χ4v) is 2.91. The molecule has 0 amide bonds. The average molecular weight is 456 g/mol. The largest absolute Gasteiger partial charge is 0.476 e. The molecule has 12 heteroatoms. The van der Waals surface area contributed by atoms with Crippen LogP contribution in [-0.4, -0.2) is 27.2 Å². The number of hydrogen-bond acceptors (Lipinski definition) is 7. The first-order chi connectivity index (χ1) is 13.8. The number of halogens is 3. The molecule has 0 saturated heterocycles. The zero-order chi connectivity index (χ0) is 21.1. The normalized spacial score (nSPS) is 11.0. The van der Waals surface area contributed by atoms with Gasteiger partial charge in [0.2, 0.25) is 0 Å². The van der Waals surface area contributed by atoms with E-state index in [9.17, 15) is 14.9 Å². The Morgan fingerprint density at radius 3 is 2.48 bits per heavy atom. The number of nitrogens with one attached hydrogen (secondary N) is 1. The van der Waals surface area contributed by atoms with Crippen molar-refractivity contribution in [3.63, 3.8) is 0 Å². The monoisotopic (exact) mass is 454 g/mol. The van der Waals surface area contributed by atoms with Crippen molar-refractivity contribution in [3.8, 4) is 11.3 Å². The maximum absolute atomic E-state index is 11.2. The minimum Gasteiger partial charge on any atom is -0.476 e. The summed E-state index contributed by atoms with van der Waals surface area (Å²) in [7, 11) is 0. The van der Waals surface area contributed by atoms with Crippen molar-refractivity contribution in [1.29, 1.82) is 0 Å². The predicted octanol–water partition coefficient (Wildman–Crippen LogP) is 5.35. The topological polar surface area (TPSA) is 131 Å². The molecule has 0 saturated carbocycles. The van der Waals surface area contributed by atoms with Gasteiger partial charge in [0.1, 0.15) is 21.6 Å². The molecule has 0 unspecified atom stereocenters. The van der Waals surface area contributed by atoms with E-state index in [-0.39, 0.29) is 26.6 Å². The number of rotatable bonds is 6. The van der Waals surface area contributed by atoms with Crippen LogP contribution in [0.2, 0.25) is 15.2 Å². The third kappa shape index (κ3) is 4.48. The molecule has 0 aliphatic rings. The lowest BCUT2D eigenvalue weighted by Crippen LogP contribution is -2.05. The number of anilines is 1. The molecule has 0 aliphatic heterocycles. The van der Waals surface area contributed by atoms with Crippen LogP contribution in [0.15, 0.2) is 45.9 Å². The number of furan rings is 1. The highest BCUT2D eigenvalue weighted by atomic mass is 35.5. The summed E-state index contributed by atoms with van der Waals surface area (Å²) in [5.74, 6) is -0.561. The molecule has 0 atom stereocenters. The number of hydrazone groups is 1. The summed E-state index contributed by atoms with van der Waals surface area (Å²) in [4.78, 5) is 25.0. The Kier molecular flexibility index (Phi) is 6.02. The Morgan fingerprint density at radius 2 is 1.86 bits per heavy atom. The standard InChI is InChI=1S/C17H9Cl3N4O5/c18-12-14(13(19)16(20)22-15(12)17(25)26)23-21-7-10-5-6-11(29-10)8-1-3-9(4-2-8)24(27)28/h1-7H,(H,22,23)(H,25,26)/b21-7+. The van der Waals surface area contributed by atoms with Crippen LogP contribution in [0, 0.1) is 10.1 Å². The summed E-state index contributed by atoms with van der Waals surface area (Å²) < 4.78 is 5.60. The van der Waals surface area contributed by atoms with Gasteiger partial charge in [-0.3, -0.25) is 15.5 Å². The molecule has 0 fully saturated rings. The van der Waals surface area contributed by atoms with E-state index in [0.717, 1.165) is 0 Å². The second-order valence-corrected chi connectivity index (χ2v) is 6.55. The Labute approximate surface area is 177 Å². The van der Waals surface area contributed by atoms with Gasteiger partial charge in [0.25, 0.3) is 5.69 Å². The molecule has 3 aromatic rings. The molecule has 0 radical (unpaired) electrons. The minimum atomic E-state index is -1.38. The highest BCUT2D eigenvalue weighted by Gasteiger charge is 2.20. The molecule has 29 heavy (non-hydrogen) atoms. The van der Waals surface area contributed by atoms with Crippen molar-refractivity contribution in [2.24, 2.45) is 5.10 Å². The quantitative estimate of drug-likeness (QED) is 0.221. The first-order valence-corrected chi connectivity index (χ1v) is 8.83. The van der Waals surface area contributed by atoms with Crippen LogP contribution in [0.25, 0.3) is 11.3 Å². The number of nitrogens with zero attached hydrogens (tertiary/aromatic N) is 3. The summed E-state index contributed by atoms with van der Waals surface area (Å²) in [6, 6.07) is 9.13. The van der Waals surface area contributed by atoms with Crippen LogP contribution in [-0.2, 0) is 0 Å². The van der Waals surface area contributed by atoms with Gasteiger partial charge in [-0.15, -0.1) is 0 Å². The van der Waals surface area contributed by atoms with Gasteiger partial charge in [-0.25, -0.2) is 9.78 Å². The van der Waals surface area contributed by atoms with Crippen molar-refractivity contribution in [3.05, 3.63) is 73.2 Å². The number of hydrogen-bond donors (Lipinski definition) is 2. The van der Waals surface area contributed by atoms with Crippen LogP contribution in [0.4, 0.5) is 11.4 Å². The van der Waals surface area contributed by atoms with Crippen LogP contribution >= 0.6 is 34.8 Å². The Morgan fingerprint density at radius 1 is 1.17 bits per heavy atom. The lowest BCUT2D eigenvalue weighted by Gasteiger charge is -2.09. The Balaban J connectivity index is 1.79. The SMILES string of the molecule is O=C(O)c1nc(Cl)c(Cl)c(N/N=C/c2ccc(-c3ccc([N+](=O)[O-])cc3)o2)c1Cl. The molecule has 3 rings (SSSR count). The number of pyridine rings is 1. The highest BCUT2D eigenvalue weighted by molar-refractivity contribution is 6.46. The van der Waals surface area contributed by atoms with Crippen LogP contribution in [0.3, 0.4) is 0 Å². The number of benzene rings is 1. The zero-order valence-corrected chi connectivity index (χ0v) is 16.4. The third-order valence-corrected chi connectivity index (χ3v) is 4.70. The van der Waals surface area contributed by atoms with E-state index in [4.69, 9.17) is 44.3 Å². The molecule has 9 nitrogen and oxygen atoms in total. The number of aromatic carboxylic acids is 1. The fraction of sp³-hybridized carbons (Fsp3) is 0. The van der Waals surface area contributed by atoms with Gasteiger partial charge in [-0.05, 0) is 24.3 Å². The molecular formula is C17H9Cl3N4O5. The van der Waals surface area contributed by atoms with E-state index in [0.29, 0.717) is 17.1 Å². The Hall–Kier alpha value is -3.14. The van der Waals surface area contributed by atoms with Gasteiger partial charge in [0.05, 0.1) is 16.8 Å². The molecule has 2 aromatic heterocycles. The number of carbonyl (C=O) groups is 1. The number of non-ortho nitro benzene ring substituents is 1. The number of aromatic nitrogens is 1. The van der Waals surface area contributed by atoms with Crippen molar-refractivity contribution in [2.75, 3.05) is 5.43 Å². The second kappa shape index (κ2) is 8.48. The average Bonchev–Trinajstić information content (AvgIpc) is 3.16. The second-order valence-electron chi connectivity index (χ2n) is 5.44. The van der Waals surface area contributed by atoms with Gasteiger partial charge in [0, 0.05) is 17.7 Å². The number of carboxylic acid groups (broad SMARTS) is 1. The van der Waals surface area contributed by atoms with E-state index in [1.54, 1.807) is 24.3 Å². The van der Waals surface area contributed by atoms with Gasteiger partial charge >= 0.3 is 5.97 Å². The summed E-state index contributed by atoms with van der Waals surface area (Å²) in [6.07, 6.45) is 1.30. The van der Waals surface area contributed by atoms with E-state index in [2.05, 4.69) is 15.5 Å². The molecule has 0 bridgehead atoms. The highest BCUT2D eigenvalue weighted by Crippen LogP contribution is 2.36. The molecule has 148 valence electrons. The summed E-state index contributed by atoms with van der Waals surface area (Å²) >= 11 is 17.8. The molecular weight excluding hydrogens is 447 g/mol. The van der Waals surface area contributed by atoms with Crippen molar-refractivity contribution >= 4 is 58.4 Å². The first kappa shape index (κ1) is 20.6. The van der Waals surface area contributed by atoms with Gasteiger partial charge in [0.15, 0.2) is 10.8 Å². The van der Waals surface area contributed by atoms with Crippen molar-refractivity contribution in [1.82, 2.24) is 4.98 Å². The van der Waals surface area contributed by atoms with E-state index in [1.807, 2.05) is 0 Å². The predicted molar refractivity (Wildman–Crippen MR) is 108 cm³/mol. The summed E-state index contributed by atoms with van der Waals surface area (Å²) in [5, 5.41) is 23.1. The number of nitro benzene ring substituents is 1. The van der Waals surface area contributed by atoms with Crippen LogP contribution < -0.4 is 5.43 Å². The molecule has 0 aliphatic carbocycles. The van der Waals surface area contributed by atoms with Gasteiger partial charge in [-0.1, -0.05) is 34.8 Å². The molecule has 2 heterocycles.